The van der Waals surface area contributed by atoms with Crippen molar-refractivity contribution in [1.29, 1.82) is 0 Å². The molecule has 0 unspecified atom stereocenters. The maximum absolute atomic E-state index is 12.1. The zero-order chi connectivity index (χ0) is 11.4. The van der Waals surface area contributed by atoms with Gasteiger partial charge >= 0.3 is 0 Å². The highest BCUT2D eigenvalue weighted by Crippen LogP contribution is 2.15. The Kier molecular flexibility index (Phi) is 3.16. The number of hydrogen-bond acceptors (Lipinski definition) is 1. The Balaban J connectivity index is 2.25. The molecule has 0 atom stereocenters. The fourth-order valence-corrected chi connectivity index (χ4v) is 1.64. The van der Waals surface area contributed by atoms with Gasteiger partial charge in [0.05, 0.1) is 0 Å². The Bertz CT molecular complexity index is 473. The molecule has 80 valence electrons. The van der Waals surface area contributed by atoms with E-state index in [9.17, 15) is 4.79 Å². The van der Waals surface area contributed by atoms with E-state index in [2.05, 4.69) is 0 Å². The number of ketones is 1. The molecule has 1 nitrogen and oxygen atoms in total. The zero-order valence-electron chi connectivity index (χ0n) is 9.31. The fourth-order valence-electron chi connectivity index (χ4n) is 1.64. The lowest BCUT2D eigenvalue weighted by molar-refractivity contribution is 0.103. The van der Waals surface area contributed by atoms with Crippen LogP contribution >= 0.6 is 0 Å². The van der Waals surface area contributed by atoms with Gasteiger partial charge in [0.15, 0.2) is 5.78 Å². The van der Waals surface area contributed by atoms with E-state index in [-0.39, 0.29) is 5.78 Å². The summed E-state index contributed by atoms with van der Waals surface area (Å²) in [6.07, 6.45) is 10.4. The number of hydrogen-bond donors (Lipinski definition) is 0. The van der Waals surface area contributed by atoms with Gasteiger partial charge < -0.3 is 0 Å². The molecule has 0 bridgehead atoms. The summed E-state index contributed by atoms with van der Waals surface area (Å²) in [6, 6.07) is 7.71. The third kappa shape index (κ3) is 2.37. The molecule has 1 aromatic rings. The highest BCUT2D eigenvalue weighted by Gasteiger charge is 2.10. The molecular weight excluding hydrogens is 196 g/mol. The summed E-state index contributed by atoms with van der Waals surface area (Å²) >= 11 is 0. The molecule has 0 saturated carbocycles. The molecule has 0 saturated heterocycles. The van der Waals surface area contributed by atoms with E-state index in [4.69, 9.17) is 0 Å². The molecule has 0 aromatic heterocycles. The van der Waals surface area contributed by atoms with Crippen LogP contribution in [0.25, 0.3) is 0 Å². The molecule has 0 N–H and O–H groups in total. The molecular formula is C15H14O. The quantitative estimate of drug-likeness (QED) is 0.681. The summed E-state index contributed by atoms with van der Waals surface area (Å²) in [6.45, 7) is 2.02. The Morgan fingerprint density at radius 1 is 1.06 bits per heavy atom. The molecule has 0 amide bonds. The molecule has 0 fully saturated rings. The average molecular weight is 210 g/mol. The molecule has 16 heavy (non-hydrogen) atoms. The minimum absolute atomic E-state index is 0.121. The Hall–Kier alpha value is -1.89. The maximum Gasteiger partial charge on any atom is 0.189 e. The second-order valence-electron chi connectivity index (χ2n) is 3.90. The van der Waals surface area contributed by atoms with E-state index in [1.165, 1.54) is 5.56 Å². The van der Waals surface area contributed by atoms with Crippen molar-refractivity contribution >= 4 is 5.78 Å². The lowest BCUT2D eigenvalue weighted by Gasteiger charge is -2.03. The van der Waals surface area contributed by atoms with Crippen LogP contribution in [0.1, 0.15) is 22.3 Å². The van der Waals surface area contributed by atoms with E-state index >= 15 is 0 Å². The van der Waals surface area contributed by atoms with E-state index < -0.39 is 0 Å². The van der Waals surface area contributed by atoms with Gasteiger partial charge in [-0.1, -0.05) is 60.2 Å². The van der Waals surface area contributed by atoms with E-state index in [0.717, 1.165) is 11.1 Å². The minimum Gasteiger partial charge on any atom is -0.289 e. The van der Waals surface area contributed by atoms with Crippen molar-refractivity contribution in [2.75, 3.05) is 0 Å². The van der Waals surface area contributed by atoms with Gasteiger partial charge in [-0.25, -0.2) is 0 Å². The van der Waals surface area contributed by atoms with Crippen LogP contribution < -0.4 is 0 Å². The normalized spacial score (nSPS) is 14.4. The predicted octanol–water partition coefficient (Wildman–Crippen LogP) is 3.62. The smallest absolute Gasteiger partial charge is 0.189 e. The first-order chi connectivity index (χ1) is 7.77. The molecule has 0 spiro atoms. The first-order valence-corrected chi connectivity index (χ1v) is 5.41. The van der Waals surface area contributed by atoms with Gasteiger partial charge in [-0.3, -0.25) is 4.79 Å². The van der Waals surface area contributed by atoms with Gasteiger partial charge in [0.25, 0.3) is 0 Å². The predicted molar refractivity (Wildman–Crippen MR) is 66.5 cm³/mol. The van der Waals surface area contributed by atoms with Crippen LogP contribution in [0.15, 0.2) is 60.2 Å². The topological polar surface area (TPSA) is 17.1 Å². The van der Waals surface area contributed by atoms with Gasteiger partial charge in [0, 0.05) is 11.1 Å². The summed E-state index contributed by atoms with van der Waals surface area (Å²) < 4.78 is 0. The highest BCUT2D eigenvalue weighted by atomic mass is 16.1. The molecule has 0 heterocycles. The van der Waals surface area contributed by atoms with Gasteiger partial charge in [0.1, 0.15) is 0 Å². The molecule has 0 radical (unpaired) electrons. The van der Waals surface area contributed by atoms with Gasteiger partial charge in [-0.05, 0) is 13.3 Å². The number of allylic oxidation sites excluding steroid dienone is 6. The summed E-state index contributed by atoms with van der Waals surface area (Å²) in [5, 5.41) is 0. The summed E-state index contributed by atoms with van der Waals surface area (Å²) in [4.78, 5) is 12.1. The molecule has 0 aliphatic heterocycles. The minimum atomic E-state index is 0.121. The van der Waals surface area contributed by atoms with Crippen molar-refractivity contribution < 1.29 is 4.79 Å². The first-order valence-electron chi connectivity index (χ1n) is 5.41. The molecule has 1 aliphatic rings. The van der Waals surface area contributed by atoms with Gasteiger partial charge in [0.2, 0.25) is 0 Å². The number of carbonyl (C=O) groups is 1. The van der Waals surface area contributed by atoms with Crippen LogP contribution in [0.5, 0.6) is 0 Å². The third-order valence-electron chi connectivity index (χ3n) is 2.60. The third-order valence-corrected chi connectivity index (χ3v) is 2.60. The van der Waals surface area contributed by atoms with Crippen LogP contribution in [0.3, 0.4) is 0 Å². The lowest BCUT2D eigenvalue weighted by Crippen LogP contribution is -2.02. The molecule has 2 rings (SSSR count). The molecule has 1 aliphatic carbocycles. The van der Waals surface area contributed by atoms with Crippen LogP contribution in [-0.4, -0.2) is 5.78 Å². The van der Waals surface area contributed by atoms with Crippen molar-refractivity contribution in [2.24, 2.45) is 0 Å². The van der Waals surface area contributed by atoms with E-state index in [1.54, 1.807) is 0 Å². The maximum atomic E-state index is 12.1. The fraction of sp³-hybridized carbons (Fsp3) is 0.133. The molecule has 1 aromatic carbocycles. The van der Waals surface area contributed by atoms with E-state index in [0.29, 0.717) is 6.42 Å². The van der Waals surface area contributed by atoms with Crippen molar-refractivity contribution in [3.05, 3.63) is 71.3 Å². The molecule has 1 heteroatoms. The monoisotopic (exact) mass is 210 g/mol. The van der Waals surface area contributed by atoms with Crippen LogP contribution in [0.4, 0.5) is 0 Å². The Labute approximate surface area is 95.8 Å². The summed E-state index contributed by atoms with van der Waals surface area (Å²) in [5.41, 5.74) is 2.78. The Morgan fingerprint density at radius 3 is 2.56 bits per heavy atom. The van der Waals surface area contributed by atoms with E-state index in [1.807, 2.05) is 61.6 Å². The van der Waals surface area contributed by atoms with Crippen LogP contribution in [0, 0.1) is 6.92 Å². The average Bonchev–Trinajstić information content (AvgIpc) is 2.57. The highest BCUT2D eigenvalue weighted by molar-refractivity contribution is 6.09. The standard InChI is InChI=1S/C15H14O/c1-12-8-10-14(11-9-12)15(16)13-6-4-2-3-5-7-13/h2-6,8-11H,7H2,1H3. The van der Waals surface area contributed by atoms with Crippen LogP contribution in [0.2, 0.25) is 0 Å². The van der Waals surface area contributed by atoms with Crippen molar-refractivity contribution in [1.82, 2.24) is 0 Å². The summed E-state index contributed by atoms with van der Waals surface area (Å²) in [7, 11) is 0. The summed E-state index contributed by atoms with van der Waals surface area (Å²) in [5.74, 6) is 0.121. The van der Waals surface area contributed by atoms with Gasteiger partial charge in [-0.2, -0.15) is 0 Å². The number of Topliss-reactive ketones (excluding diaryl/α,β-unsaturated/α-hetero) is 1. The lowest BCUT2D eigenvalue weighted by atomic mass is 10.00. The van der Waals surface area contributed by atoms with Crippen molar-refractivity contribution in [3.63, 3.8) is 0 Å². The van der Waals surface area contributed by atoms with Crippen molar-refractivity contribution in [2.45, 2.75) is 13.3 Å². The second-order valence-corrected chi connectivity index (χ2v) is 3.90. The van der Waals surface area contributed by atoms with Crippen LogP contribution in [-0.2, 0) is 0 Å². The number of carbonyl (C=O) groups excluding carboxylic acids is 1. The largest absolute Gasteiger partial charge is 0.289 e. The first kappa shape index (κ1) is 10.6. The zero-order valence-corrected chi connectivity index (χ0v) is 9.31. The second kappa shape index (κ2) is 4.75. The Morgan fingerprint density at radius 2 is 1.81 bits per heavy atom. The number of benzene rings is 1. The number of aryl methyl sites for hydroxylation is 1. The van der Waals surface area contributed by atoms with Crippen molar-refractivity contribution in [3.8, 4) is 0 Å². The SMILES string of the molecule is Cc1ccc(C(=O)C2=CC=CC=CC2)cc1. The number of rotatable bonds is 2. The van der Waals surface area contributed by atoms with Gasteiger partial charge in [-0.15, -0.1) is 0 Å².